The third kappa shape index (κ3) is 4.97. The zero-order valence-corrected chi connectivity index (χ0v) is 18.4. The van der Waals surface area contributed by atoms with Crippen LogP contribution in [0.25, 0.3) is 0 Å². The number of amidine groups is 1. The summed E-state index contributed by atoms with van der Waals surface area (Å²) in [6, 6.07) is 7.62. The Morgan fingerprint density at radius 2 is 1.90 bits per heavy atom. The molecule has 6 nitrogen and oxygen atoms in total. The van der Waals surface area contributed by atoms with Crippen molar-refractivity contribution >= 4 is 32.7 Å². The fraction of sp³-hybridized carbons (Fsp3) is 0.619. The maximum atomic E-state index is 12.6. The summed E-state index contributed by atoms with van der Waals surface area (Å²) in [6.45, 7) is 0.545. The molecule has 2 heterocycles. The Balaban J connectivity index is 1.51. The van der Waals surface area contributed by atoms with Crippen molar-refractivity contribution in [3.8, 4) is 5.75 Å². The predicted octanol–water partition coefficient (Wildman–Crippen LogP) is 3.26. The first-order chi connectivity index (χ1) is 13.9. The molecule has 0 unspecified atom stereocenters. The van der Waals surface area contributed by atoms with E-state index < -0.39 is 9.84 Å². The molecule has 1 aliphatic carbocycles. The lowest BCUT2D eigenvalue weighted by Crippen LogP contribution is -2.37. The molecule has 0 N–H and O–H groups in total. The summed E-state index contributed by atoms with van der Waals surface area (Å²) >= 11 is 1.46. The molecule has 1 aromatic rings. The zero-order chi connectivity index (χ0) is 20.4. The number of nitrogens with zero attached hydrogens (tertiary/aromatic N) is 2. The monoisotopic (exact) mass is 436 g/mol. The lowest BCUT2D eigenvalue weighted by molar-refractivity contribution is -0.118. The van der Waals surface area contributed by atoms with Gasteiger partial charge < -0.3 is 9.64 Å². The molecule has 3 aliphatic rings. The fourth-order valence-corrected chi connectivity index (χ4v) is 8.51. The van der Waals surface area contributed by atoms with Crippen molar-refractivity contribution in [2.75, 3.05) is 18.6 Å². The third-order valence-electron chi connectivity index (χ3n) is 6.10. The van der Waals surface area contributed by atoms with Gasteiger partial charge in [0, 0.05) is 18.2 Å². The molecule has 0 spiro atoms. The van der Waals surface area contributed by atoms with Crippen molar-refractivity contribution in [2.45, 2.75) is 56.4 Å². The minimum Gasteiger partial charge on any atom is -0.497 e. The third-order valence-corrected chi connectivity index (χ3v) is 9.34. The molecule has 158 valence electrons. The summed E-state index contributed by atoms with van der Waals surface area (Å²) in [5, 5.41) is 0.644. The minimum atomic E-state index is -3.04. The van der Waals surface area contributed by atoms with Crippen LogP contribution in [-0.4, -0.2) is 54.3 Å². The quantitative estimate of drug-likeness (QED) is 0.705. The van der Waals surface area contributed by atoms with Gasteiger partial charge in [0.2, 0.25) is 5.91 Å². The summed E-state index contributed by atoms with van der Waals surface area (Å²) in [7, 11) is -1.41. The number of thioether (sulfide) groups is 1. The second kappa shape index (κ2) is 8.68. The van der Waals surface area contributed by atoms with Crippen molar-refractivity contribution in [1.29, 1.82) is 0 Å². The maximum Gasteiger partial charge on any atom is 0.248 e. The SMILES string of the molecule is COc1ccc(CN2C(=NC(=O)CC3CCCCC3)S[C@@H]3CS(=O)(=O)C[C@H]32)cc1. The van der Waals surface area contributed by atoms with E-state index in [0.29, 0.717) is 24.1 Å². The standard InChI is InChI=1S/C21H28N2O4S2/c1-27-17-9-7-16(8-10-17)12-23-18-13-29(25,26)14-19(18)28-21(23)22-20(24)11-15-5-3-2-4-6-15/h7-10,15,18-19H,2-6,11-14H2,1H3/t18-,19-/m1/s1. The molecule has 2 atom stereocenters. The van der Waals surface area contributed by atoms with Gasteiger partial charge in [-0.05, 0) is 36.5 Å². The van der Waals surface area contributed by atoms with Gasteiger partial charge in [-0.2, -0.15) is 4.99 Å². The van der Waals surface area contributed by atoms with Gasteiger partial charge in [0.25, 0.3) is 0 Å². The molecular weight excluding hydrogens is 408 g/mol. The van der Waals surface area contributed by atoms with Crippen LogP contribution in [-0.2, 0) is 21.2 Å². The number of fused-ring (bicyclic) bond motifs is 1. The Morgan fingerprint density at radius 3 is 2.59 bits per heavy atom. The summed E-state index contributed by atoms with van der Waals surface area (Å²) in [4.78, 5) is 19.1. The van der Waals surface area contributed by atoms with Gasteiger partial charge in [-0.25, -0.2) is 8.42 Å². The van der Waals surface area contributed by atoms with Gasteiger partial charge in [0.15, 0.2) is 15.0 Å². The van der Waals surface area contributed by atoms with Gasteiger partial charge in [-0.3, -0.25) is 4.79 Å². The first-order valence-corrected chi connectivity index (χ1v) is 13.0. The van der Waals surface area contributed by atoms with Crippen molar-refractivity contribution in [3.63, 3.8) is 0 Å². The zero-order valence-electron chi connectivity index (χ0n) is 16.7. The molecule has 1 saturated carbocycles. The molecule has 3 fully saturated rings. The summed E-state index contributed by atoms with van der Waals surface area (Å²) in [6.07, 6.45) is 6.41. The number of hydrogen-bond acceptors (Lipinski definition) is 5. The number of amides is 1. The highest BCUT2D eigenvalue weighted by Crippen LogP contribution is 2.39. The average molecular weight is 437 g/mol. The first-order valence-electron chi connectivity index (χ1n) is 10.3. The number of rotatable bonds is 5. The van der Waals surface area contributed by atoms with Crippen LogP contribution in [0, 0.1) is 5.92 Å². The second-order valence-electron chi connectivity index (χ2n) is 8.27. The highest BCUT2D eigenvalue weighted by molar-refractivity contribution is 8.15. The number of carbonyl (C=O) groups excluding carboxylic acids is 1. The lowest BCUT2D eigenvalue weighted by Gasteiger charge is -2.25. The van der Waals surface area contributed by atoms with Gasteiger partial charge in [0.1, 0.15) is 5.75 Å². The van der Waals surface area contributed by atoms with Crippen LogP contribution < -0.4 is 4.74 Å². The lowest BCUT2D eigenvalue weighted by atomic mass is 9.87. The Bertz CT molecular complexity index is 876. The van der Waals surface area contributed by atoms with Crippen molar-refractivity contribution < 1.29 is 17.9 Å². The highest BCUT2D eigenvalue weighted by Gasteiger charge is 2.48. The van der Waals surface area contributed by atoms with Gasteiger partial charge in [-0.15, -0.1) is 0 Å². The minimum absolute atomic E-state index is 0.0421. The Kier molecular flexibility index (Phi) is 6.20. The normalized spacial score (nSPS) is 27.9. The number of aliphatic imine (C=N–C) groups is 1. The van der Waals surface area contributed by atoms with Crippen molar-refractivity contribution in [3.05, 3.63) is 29.8 Å². The van der Waals surface area contributed by atoms with Crippen LogP contribution in [0.3, 0.4) is 0 Å². The molecule has 2 saturated heterocycles. The van der Waals surface area contributed by atoms with Gasteiger partial charge >= 0.3 is 0 Å². The van der Waals surface area contributed by atoms with Crippen LogP contribution in [0.4, 0.5) is 0 Å². The van der Waals surface area contributed by atoms with Crippen LogP contribution in [0.1, 0.15) is 44.1 Å². The van der Waals surface area contributed by atoms with Crippen LogP contribution >= 0.6 is 11.8 Å². The topological polar surface area (TPSA) is 76.0 Å². The molecule has 1 amide bonds. The van der Waals surface area contributed by atoms with E-state index >= 15 is 0 Å². The molecule has 0 bridgehead atoms. The Labute approximate surface area is 177 Å². The number of sulfone groups is 1. The number of hydrogen-bond donors (Lipinski definition) is 0. The van der Waals surface area contributed by atoms with E-state index in [4.69, 9.17) is 4.74 Å². The van der Waals surface area contributed by atoms with E-state index in [-0.39, 0.29) is 28.7 Å². The van der Waals surface area contributed by atoms with E-state index in [9.17, 15) is 13.2 Å². The summed E-state index contributed by atoms with van der Waals surface area (Å²) < 4.78 is 29.5. The van der Waals surface area contributed by atoms with Crippen LogP contribution in [0.5, 0.6) is 5.75 Å². The maximum absolute atomic E-state index is 12.6. The molecule has 4 rings (SSSR count). The predicted molar refractivity (Wildman–Crippen MR) is 116 cm³/mol. The molecular formula is C21H28N2O4S2. The van der Waals surface area contributed by atoms with E-state index in [1.54, 1.807) is 7.11 Å². The number of benzene rings is 1. The highest BCUT2D eigenvalue weighted by atomic mass is 32.2. The molecule has 8 heteroatoms. The molecule has 0 radical (unpaired) electrons. The van der Waals surface area contributed by atoms with Crippen molar-refractivity contribution in [2.24, 2.45) is 10.9 Å². The Hall–Kier alpha value is -1.54. The van der Waals surface area contributed by atoms with Crippen LogP contribution in [0.2, 0.25) is 0 Å². The Morgan fingerprint density at radius 1 is 1.17 bits per heavy atom. The smallest absolute Gasteiger partial charge is 0.248 e. The summed E-state index contributed by atoms with van der Waals surface area (Å²) in [5.41, 5.74) is 1.05. The second-order valence-corrected chi connectivity index (χ2v) is 11.6. The van der Waals surface area contributed by atoms with E-state index in [0.717, 1.165) is 24.2 Å². The van der Waals surface area contributed by atoms with E-state index in [2.05, 4.69) is 4.99 Å². The molecule has 2 aliphatic heterocycles. The van der Waals surface area contributed by atoms with E-state index in [1.165, 1.54) is 31.0 Å². The number of carbonyl (C=O) groups is 1. The molecule has 0 aromatic heterocycles. The van der Waals surface area contributed by atoms with Gasteiger partial charge in [0.05, 0.1) is 24.7 Å². The first kappa shape index (κ1) is 20.7. The number of methoxy groups -OCH3 is 1. The van der Waals surface area contributed by atoms with E-state index in [1.807, 2.05) is 29.2 Å². The van der Waals surface area contributed by atoms with Crippen LogP contribution in [0.15, 0.2) is 29.3 Å². The molecule has 1 aromatic carbocycles. The number of ether oxygens (including phenoxy) is 1. The van der Waals surface area contributed by atoms with Gasteiger partial charge in [-0.1, -0.05) is 43.2 Å². The fourth-order valence-electron chi connectivity index (χ4n) is 4.54. The molecule has 29 heavy (non-hydrogen) atoms. The largest absolute Gasteiger partial charge is 0.497 e. The van der Waals surface area contributed by atoms with Crippen molar-refractivity contribution in [1.82, 2.24) is 4.90 Å². The summed E-state index contributed by atoms with van der Waals surface area (Å²) in [5.74, 6) is 1.46. The average Bonchev–Trinajstić information content (AvgIpc) is 3.15.